The van der Waals surface area contributed by atoms with Crippen LogP contribution in [0.25, 0.3) is 0 Å². The minimum absolute atomic E-state index is 0.0149. The summed E-state index contributed by atoms with van der Waals surface area (Å²) < 4.78 is 11.2. The highest BCUT2D eigenvalue weighted by Crippen LogP contribution is 2.19. The van der Waals surface area contributed by atoms with Crippen molar-refractivity contribution >= 4 is 23.4 Å². The Morgan fingerprint density at radius 3 is 2.31 bits per heavy atom. The van der Waals surface area contributed by atoms with Crippen LogP contribution in [-0.2, 0) is 4.79 Å². The van der Waals surface area contributed by atoms with Crippen molar-refractivity contribution in [2.75, 3.05) is 30.0 Å². The summed E-state index contributed by atoms with van der Waals surface area (Å²) in [7, 11) is 0. The first kappa shape index (κ1) is 20.2. The molecule has 2 aromatic rings. The molecule has 2 aromatic carbocycles. The summed E-state index contributed by atoms with van der Waals surface area (Å²) >= 11 is 1.56. The van der Waals surface area contributed by atoms with E-state index in [0.717, 1.165) is 41.5 Å². The lowest BCUT2D eigenvalue weighted by molar-refractivity contribution is -0.113. The second-order valence-corrected chi connectivity index (χ2v) is 7.12. The van der Waals surface area contributed by atoms with E-state index in [-0.39, 0.29) is 5.91 Å². The van der Waals surface area contributed by atoms with Crippen molar-refractivity contribution in [2.45, 2.75) is 27.2 Å². The van der Waals surface area contributed by atoms with Crippen LogP contribution >= 0.6 is 11.8 Å². The van der Waals surface area contributed by atoms with Gasteiger partial charge >= 0.3 is 0 Å². The van der Waals surface area contributed by atoms with Crippen molar-refractivity contribution in [3.05, 3.63) is 53.6 Å². The van der Waals surface area contributed by atoms with Crippen LogP contribution < -0.4 is 14.8 Å². The highest BCUT2D eigenvalue weighted by Gasteiger charge is 2.06. The molecule has 0 saturated carbocycles. The number of hydrogen-bond donors (Lipinski definition) is 1. The van der Waals surface area contributed by atoms with Gasteiger partial charge < -0.3 is 14.8 Å². The maximum Gasteiger partial charge on any atom is 0.234 e. The van der Waals surface area contributed by atoms with Crippen molar-refractivity contribution < 1.29 is 14.3 Å². The number of hydrogen-bond acceptors (Lipinski definition) is 4. The first-order valence-corrected chi connectivity index (χ1v) is 10.0. The summed E-state index contributed by atoms with van der Waals surface area (Å²) in [5.41, 5.74) is 3.17. The van der Waals surface area contributed by atoms with Gasteiger partial charge in [0.1, 0.15) is 11.5 Å². The van der Waals surface area contributed by atoms with Gasteiger partial charge in [-0.05, 0) is 61.7 Å². The van der Waals surface area contributed by atoms with E-state index in [4.69, 9.17) is 9.47 Å². The first-order valence-electron chi connectivity index (χ1n) is 8.89. The lowest BCUT2D eigenvalue weighted by Crippen LogP contribution is -2.16. The van der Waals surface area contributed by atoms with Gasteiger partial charge in [0.25, 0.3) is 0 Å². The molecular formula is C21H27NO3S. The third kappa shape index (κ3) is 6.64. The van der Waals surface area contributed by atoms with Gasteiger partial charge in [0.05, 0.1) is 19.0 Å². The number of nitrogens with one attached hydrogen (secondary N) is 1. The molecule has 0 atom stereocenters. The standard InChI is InChI=1S/C21H27NO3S/c1-4-12-24-18-8-10-19(11-9-18)25-13-14-26-15-21(23)22-20-7-5-6-16(2)17(20)3/h5-11H,4,12-15H2,1-3H3,(H,22,23). The van der Waals surface area contributed by atoms with Gasteiger partial charge in [-0.2, -0.15) is 0 Å². The van der Waals surface area contributed by atoms with Gasteiger partial charge in [-0.1, -0.05) is 19.1 Å². The van der Waals surface area contributed by atoms with Crippen LogP contribution in [-0.4, -0.2) is 30.6 Å². The Labute approximate surface area is 160 Å². The molecule has 5 heteroatoms. The van der Waals surface area contributed by atoms with Crippen LogP contribution in [0.4, 0.5) is 5.69 Å². The van der Waals surface area contributed by atoms with Crippen molar-refractivity contribution in [1.82, 2.24) is 0 Å². The summed E-state index contributed by atoms with van der Waals surface area (Å²) in [6, 6.07) is 13.6. The van der Waals surface area contributed by atoms with Crippen LogP contribution in [0, 0.1) is 13.8 Å². The van der Waals surface area contributed by atoms with E-state index in [0.29, 0.717) is 12.4 Å². The van der Waals surface area contributed by atoms with Crippen molar-refractivity contribution in [3.63, 3.8) is 0 Å². The SMILES string of the molecule is CCCOc1ccc(OCCSCC(=O)Nc2cccc(C)c2C)cc1. The van der Waals surface area contributed by atoms with E-state index in [1.807, 2.05) is 56.3 Å². The smallest absolute Gasteiger partial charge is 0.234 e. The third-order valence-electron chi connectivity index (χ3n) is 3.90. The van der Waals surface area contributed by atoms with Crippen LogP contribution in [0.1, 0.15) is 24.5 Å². The summed E-state index contributed by atoms with van der Waals surface area (Å²) in [6.45, 7) is 7.43. The molecule has 0 radical (unpaired) electrons. The van der Waals surface area contributed by atoms with E-state index in [9.17, 15) is 4.79 Å². The molecule has 0 spiro atoms. The number of aryl methyl sites for hydroxylation is 1. The van der Waals surface area contributed by atoms with Crippen molar-refractivity contribution in [3.8, 4) is 11.5 Å². The number of rotatable bonds is 10. The molecule has 4 nitrogen and oxygen atoms in total. The molecule has 2 rings (SSSR count). The van der Waals surface area contributed by atoms with E-state index in [1.165, 1.54) is 5.56 Å². The fraction of sp³-hybridized carbons (Fsp3) is 0.381. The average Bonchev–Trinajstić information content (AvgIpc) is 2.64. The van der Waals surface area contributed by atoms with Crippen LogP contribution in [0.3, 0.4) is 0 Å². The van der Waals surface area contributed by atoms with E-state index in [1.54, 1.807) is 11.8 Å². The lowest BCUT2D eigenvalue weighted by atomic mass is 10.1. The first-order chi connectivity index (χ1) is 12.6. The second-order valence-electron chi connectivity index (χ2n) is 6.02. The van der Waals surface area contributed by atoms with E-state index >= 15 is 0 Å². The zero-order valence-corrected chi connectivity index (χ0v) is 16.5. The summed E-state index contributed by atoms with van der Waals surface area (Å²) in [4.78, 5) is 12.0. The highest BCUT2D eigenvalue weighted by atomic mass is 32.2. The summed E-state index contributed by atoms with van der Waals surface area (Å²) in [6.07, 6.45) is 0.993. The number of benzene rings is 2. The topological polar surface area (TPSA) is 47.6 Å². The lowest BCUT2D eigenvalue weighted by Gasteiger charge is -2.10. The fourth-order valence-electron chi connectivity index (χ4n) is 2.31. The minimum atomic E-state index is 0.0149. The number of ether oxygens (including phenoxy) is 2. The molecule has 0 saturated heterocycles. The van der Waals surface area contributed by atoms with Crippen molar-refractivity contribution in [1.29, 1.82) is 0 Å². The molecule has 0 bridgehead atoms. The molecular weight excluding hydrogens is 346 g/mol. The van der Waals surface area contributed by atoms with E-state index < -0.39 is 0 Å². The van der Waals surface area contributed by atoms with Gasteiger partial charge in [0.15, 0.2) is 0 Å². The predicted molar refractivity (Wildman–Crippen MR) is 110 cm³/mol. The molecule has 0 fully saturated rings. The largest absolute Gasteiger partial charge is 0.494 e. The van der Waals surface area contributed by atoms with Crippen LogP contribution in [0.5, 0.6) is 11.5 Å². The highest BCUT2D eigenvalue weighted by molar-refractivity contribution is 7.99. The van der Waals surface area contributed by atoms with Crippen molar-refractivity contribution in [2.24, 2.45) is 0 Å². The van der Waals surface area contributed by atoms with Gasteiger partial charge in [0.2, 0.25) is 5.91 Å². The Hall–Kier alpha value is -2.14. The normalized spacial score (nSPS) is 10.4. The predicted octanol–water partition coefficient (Wildman–Crippen LogP) is 4.84. The zero-order chi connectivity index (χ0) is 18.8. The molecule has 0 aromatic heterocycles. The van der Waals surface area contributed by atoms with Gasteiger partial charge in [-0.25, -0.2) is 0 Å². The van der Waals surface area contributed by atoms with Gasteiger partial charge in [-0.15, -0.1) is 11.8 Å². The number of carbonyl (C=O) groups excluding carboxylic acids is 1. The molecule has 0 aliphatic heterocycles. The van der Waals surface area contributed by atoms with Gasteiger partial charge in [-0.3, -0.25) is 4.79 Å². The zero-order valence-electron chi connectivity index (χ0n) is 15.7. The molecule has 26 heavy (non-hydrogen) atoms. The number of anilines is 1. The Balaban J connectivity index is 1.64. The molecule has 0 aliphatic carbocycles. The third-order valence-corrected chi connectivity index (χ3v) is 4.83. The molecule has 1 N–H and O–H groups in total. The summed E-state index contributed by atoms with van der Waals surface area (Å²) in [5, 5.41) is 2.97. The number of amides is 1. The number of carbonyl (C=O) groups is 1. The maximum atomic E-state index is 12.0. The summed E-state index contributed by atoms with van der Waals surface area (Å²) in [5.74, 6) is 2.86. The number of thioether (sulfide) groups is 1. The van der Waals surface area contributed by atoms with Gasteiger partial charge in [0, 0.05) is 11.4 Å². The molecule has 0 aliphatic rings. The Morgan fingerprint density at radius 1 is 1.00 bits per heavy atom. The van der Waals surface area contributed by atoms with E-state index in [2.05, 4.69) is 12.2 Å². The Morgan fingerprint density at radius 2 is 1.65 bits per heavy atom. The molecule has 0 heterocycles. The molecule has 1 amide bonds. The Kier molecular flexibility index (Phi) is 8.35. The quantitative estimate of drug-likeness (QED) is 0.605. The monoisotopic (exact) mass is 373 g/mol. The molecule has 0 unspecified atom stereocenters. The molecule has 140 valence electrons. The second kappa shape index (κ2) is 10.8. The fourth-order valence-corrected chi connectivity index (χ4v) is 2.91. The minimum Gasteiger partial charge on any atom is -0.494 e. The maximum absolute atomic E-state index is 12.0. The Bertz CT molecular complexity index is 701. The van der Waals surface area contributed by atoms with Crippen LogP contribution in [0.15, 0.2) is 42.5 Å². The van der Waals surface area contributed by atoms with Crippen LogP contribution in [0.2, 0.25) is 0 Å². The average molecular weight is 374 g/mol.